The fraction of sp³-hybridized carbons (Fsp3) is 0.286. The molecule has 0 spiro atoms. The van der Waals surface area contributed by atoms with Crippen molar-refractivity contribution in [1.82, 2.24) is 0 Å². The first-order valence-electron chi connectivity index (χ1n) is 11.3. The summed E-state index contributed by atoms with van der Waals surface area (Å²) in [6.07, 6.45) is 0.256. The van der Waals surface area contributed by atoms with Gasteiger partial charge in [-0.25, -0.2) is 0 Å². The minimum absolute atomic E-state index is 0.0576. The van der Waals surface area contributed by atoms with E-state index in [1.54, 1.807) is 14.2 Å². The van der Waals surface area contributed by atoms with Crippen LogP contribution in [0.1, 0.15) is 23.3 Å². The van der Waals surface area contributed by atoms with Crippen LogP contribution in [0.25, 0.3) is 21.5 Å². The fourth-order valence-electron chi connectivity index (χ4n) is 4.85. The smallest absolute Gasteiger partial charge is 0.126 e. The minimum atomic E-state index is 0.0576. The van der Waals surface area contributed by atoms with Crippen LogP contribution in [0.2, 0.25) is 0 Å². The number of benzene rings is 4. The summed E-state index contributed by atoms with van der Waals surface area (Å²) in [5, 5.41) is 4.55. The van der Waals surface area contributed by atoms with E-state index in [4.69, 9.17) is 23.7 Å². The van der Waals surface area contributed by atoms with Gasteiger partial charge in [0.25, 0.3) is 0 Å². The van der Waals surface area contributed by atoms with Gasteiger partial charge in [-0.2, -0.15) is 0 Å². The summed E-state index contributed by atoms with van der Waals surface area (Å²) in [6, 6.07) is 24.8. The normalized spacial score (nSPS) is 23.6. The zero-order valence-electron chi connectivity index (χ0n) is 18.7. The van der Waals surface area contributed by atoms with Gasteiger partial charge in [0.1, 0.15) is 35.9 Å². The molecule has 0 bridgehead atoms. The Hall–Kier alpha value is -3.12. The lowest BCUT2D eigenvalue weighted by Gasteiger charge is -2.08. The molecule has 0 aliphatic carbocycles. The summed E-state index contributed by atoms with van der Waals surface area (Å²) in [5.74, 6) is 1.76. The summed E-state index contributed by atoms with van der Waals surface area (Å²) >= 11 is 0. The second-order valence-corrected chi connectivity index (χ2v) is 8.53. The van der Waals surface area contributed by atoms with Gasteiger partial charge in [0, 0.05) is 10.8 Å². The maximum absolute atomic E-state index is 6.00. The van der Waals surface area contributed by atoms with Crippen LogP contribution >= 0.6 is 0 Å². The van der Waals surface area contributed by atoms with E-state index in [1.807, 2.05) is 24.3 Å². The molecule has 6 rings (SSSR count). The van der Waals surface area contributed by atoms with Crippen molar-refractivity contribution in [2.24, 2.45) is 0 Å². The SMILES string of the molecule is COc1cccc2c(C3OC3COCC3OC3c3cccc4c(OC)cccc34)cccc12. The van der Waals surface area contributed by atoms with Crippen LogP contribution < -0.4 is 9.47 Å². The molecular weight excluding hydrogens is 416 g/mol. The third-order valence-corrected chi connectivity index (χ3v) is 6.61. The first-order valence-corrected chi connectivity index (χ1v) is 11.3. The molecule has 2 saturated heterocycles. The van der Waals surface area contributed by atoms with E-state index in [2.05, 4.69) is 48.5 Å². The van der Waals surface area contributed by atoms with Gasteiger partial charge in [-0.3, -0.25) is 0 Å². The van der Waals surface area contributed by atoms with Crippen molar-refractivity contribution in [2.75, 3.05) is 27.4 Å². The quantitative estimate of drug-likeness (QED) is 0.332. The van der Waals surface area contributed by atoms with Crippen LogP contribution in [0.4, 0.5) is 0 Å². The summed E-state index contributed by atoms with van der Waals surface area (Å²) in [5.41, 5.74) is 2.37. The Bertz CT molecular complexity index is 1220. The van der Waals surface area contributed by atoms with Gasteiger partial charge in [0.2, 0.25) is 0 Å². The average molecular weight is 443 g/mol. The van der Waals surface area contributed by atoms with E-state index in [9.17, 15) is 0 Å². The molecule has 0 N–H and O–H groups in total. The Morgan fingerprint density at radius 2 is 1.00 bits per heavy atom. The van der Waals surface area contributed by atoms with E-state index in [-0.39, 0.29) is 24.4 Å². The van der Waals surface area contributed by atoms with Crippen molar-refractivity contribution in [3.05, 3.63) is 83.9 Å². The highest BCUT2D eigenvalue weighted by molar-refractivity contribution is 5.92. The lowest BCUT2D eigenvalue weighted by molar-refractivity contribution is 0.102. The van der Waals surface area contributed by atoms with Crippen LogP contribution in [0.15, 0.2) is 72.8 Å². The summed E-state index contributed by atoms with van der Waals surface area (Å²) < 4.78 is 28.9. The number of methoxy groups -OCH3 is 2. The van der Waals surface area contributed by atoms with Gasteiger partial charge in [0.15, 0.2) is 0 Å². The second-order valence-electron chi connectivity index (χ2n) is 8.53. The van der Waals surface area contributed by atoms with Gasteiger partial charge >= 0.3 is 0 Å². The predicted octanol–water partition coefficient (Wildman–Crippen LogP) is 5.61. The number of rotatable bonds is 8. The molecule has 0 radical (unpaired) electrons. The predicted molar refractivity (Wildman–Crippen MR) is 127 cm³/mol. The Labute approximate surface area is 192 Å². The lowest BCUT2D eigenvalue weighted by atomic mass is 10.00. The van der Waals surface area contributed by atoms with Crippen molar-refractivity contribution in [1.29, 1.82) is 0 Å². The Kier molecular flexibility index (Phi) is 5.18. The molecule has 2 heterocycles. The zero-order chi connectivity index (χ0) is 22.4. The van der Waals surface area contributed by atoms with E-state index < -0.39 is 0 Å². The first kappa shape index (κ1) is 20.5. The minimum Gasteiger partial charge on any atom is -0.496 e. The zero-order valence-corrected chi connectivity index (χ0v) is 18.7. The van der Waals surface area contributed by atoms with Crippen molar-refractivity contribution in [3.63, 3.8) is 0 Å². The fourth-order valence-corrected chi connectivity index (χ4v) is 4.85. The standard InChI is InChI=1S/C28H26O5/c1-29-23-13-5-7-17-19(23)9-3-11-21(17)27-25(32-27)15-31-16-26-28(33-26)22-12-4-10-20-18(22)8-6-14-24(20)30-2/h3-14,25-28H,15-16H2,1-2H3. The van der Waals surface area contributed by atoms with Gasteiger partial charge in [-0.05, 0) is 34.0 Å². The number of epoxide rings is 2. The number of ether oxygens (including phenoxy) is 5. The molecule has 5 nitrogen and oxygen atoms in total. The topological polar surface area (TPSA) is 52.8 Å². The van der Waals surface area contributed by atoms with Crippen molar-refractivity contribution in [2.45, 2.75) is 24.4 Å². The molecule has 0 aromatic heterocycles. The van der Waals surface area contributed by atoms with E-state index in [0.29, 0.717) is 13.2 Å². The van der Waals surface area contributed by atoms with Crippen LogP contribution in [-0.2, 0) is 14.2 Å². The third kappa shape index (κ3) is 3.72. The molecular formula is C28H26O5. The summed E-state index contributed by atoms with van der Waals surface area (Å²) in [7, 11) is 3.40. The highest BCUT2D eigenvalue weighted by atomic mass is 16.6. The number of fused-ring (bicyclic) bond motifs is 2. The molecule has 2 fully saturated rings. The van der Waals surface area contributed by atoms with Crippen LogP contribution in [0.5, 0.6) is 11.5 Å². The van der Waals surface area contributed by atoms with Gasteiger partial charge in [-0.15, -0.1) is 0 Å². The average Bonchev–Trinajstić information content (AvgIpc) is 3.79. The van der Waals surface area contributed by atoms with Gasteiger partial charge in [-0.1, -0.05) is 60.7 Å². The lowest BCUT2D eigenvalue weighted by Crippen LogP contribution is -2.08. The van der Waals surface area contributed by atoms with Crippen molar-refractivity contribution in [3.8, 4) is 11.5 Å². The molecule has 5 heteroatoms. The largest absolute Gasteiger partial charge is 0.496 e. The molecule has 2 aliphatic heterocycles. The molecule has 0 saturated carbocycles. The summed E-state index contributed by atoms with van der Waals surface area (Å²) in [4.78, 5) is 0. The number of hydrogen-bond acceptors (Lipinski definition) is 5. The number of hydrogen-bond donors (Lipinski definition) is 0. The Balaban J connectivity index is 1.08. The maximum atomic E-state index is 6.00. The van der Waals surface area contributed by atoms with E-state index in [0.717, 1.165) is 22.3 Å². The molecule has 4 atom stereocenters. The van der Waals surface area contributed by atoms with Crippen LogP contribution in [0.3, 0.4) is 0 Å². The first-order chi connectivity index (χ1) is 16.3. The molecule has 4 aromatic rings. The highest BCUT2D eigenvalue weighted by Crippen LogP contribution is 2.45. The van der Waals surface area contributed by atoms with Crippen molar-refractivity contribution >= 4 is 21.5 Å². The van der Waals surface area contributed by atoms with Gasteiger partial charge < -0.3 is 23.7 Å². The highest BCUT2D eigenvalue weighted by Gasteiger charge is 2.44. The molecule has 2 aliphatic rings. The van der Waals surface area contributed by atoms with Gasteiger partial charge in [0.05, 0.1) is 27.4 Å². The van der Waals surface area contributed by atoms with E-state index >= 15 is 0 Å². The Morgan fingerprint density at radius 1 is 0.576 bits per heavy atom. The van der Waals surface area contributed by atoms with Crippen LogP contribution in [-0.4, -0.2) is 39.6 Å². The maximum Gasteiger partial charge on any atom is 0.126 e. The molecule has 33 heavy (non-hydrogen) atoms. The third-order valence-electron chi connectivity index (χ3n) is 6.61. The molecule has 168 valence electrons. The van der Waals surface area contributed by atoms with Crippen LogP contribution in [0, 0.1) is 0 Å². The second kappa shape index (κ2) is 8.34. The summed E-state index contributed by atoms with van der Waals surface area (Å²) in [6.45, 7) is 1.11. The monoisotopic (exact) mass is 442 g/mol. The molecule has 0 amide bonds. The molecule has 4 aromatic carbocycles. The van der Waals surface area contributed by atoms with Crippen molar-refractivity contribution < 1.29 is 23.7 Å². The Morgan fingerprint density at radius 3 is 1.45 bits per heavy atom. The van der Waals surface area contributed by atoms with E-state index in [1.165, 1.54) is 21.9 Å². The molecule has 4 unspecified atom stereocenters.